The SMILES string of the molecule is C=CCN(CC(C)c1ccc(F)cc1)C1CCS(=O)(=O)C1. The number of nitrogens with zero attached hydrogens (tertiary/aromatic N) is 1. The van der Waals surface area contributed by atoms with Crippen LogP contribution in [0.15, 0.2) is 36.9 Å². The molecule has 0 aliphatic carbocycles. The Hall–Kier alpha value is -1.20. The minimum atomic E-state index is -2.89. The molecule has 0 aromatic heterocycles. The molecule has 1 aromatic rings. The number of hydrogen-bond acceptors (Lipinski definition) is 3. The summed E-state index contributed by atoms with van der Waals surface area (Å²) >= 11 is 0. The van der Waals surface area contributed by atoms with Crippen LogP contribution in [-0.2, 0) is 9.84 Å². The lowest BCUT2D eigenvalue weighted by atomic mass is 9.99. The highest BCUT2D eigenvalue weighted by Crippen LogP contribution is 2.23. The van der Waals surface area contributed by atoms with Crippen molar-refractivity contribution in [2.75, 3.05) is 24.6 Å². The van der Waals surface area contributed by atoms with E-state index in [1.165, 1.54) is 12.1 Å². The first kappa shape index (κ1) is 16.2. The molecule has 1 saturated heterocycles. The quantitative estimate of drug-likeness (QED) is 0.758. The molecule has 0 bridgehead atoms. The number of hydrogen-bond donors (Lipinski definition) is 0. The third-order valence-corrected chi connectivity index (χ3v) is 5.79. The van der Waals surface area contributed by atoms with Crippen molar-refractivity contribution in [1.82, 2.24) is 4.90 Å². The number of benzene rings is 1. The average Bonchev–Trinajstić information content (AvgIpc) is 2.79. The van der Waals surface area contributed by atoms with Crippen molar-refractivity contribution >= 4 is 9.84 Å². The molecule has 0 spiro atoms. The molecule has 2 unspecified atom stereocenters. The molecule has 21 heavy (non-hydrogen) atoms. The monoisotopic (exact) mass is 311 g/mol. The molecule has 0 radical (unpaired) electrons. The van der Waals surface area contributed by atoms with Crippen LogP contribution < -0.4 is 0 Å². The highest BCUT2D eigenvalue weighted by Gasteiger charge is 2.32. The van der Waals surface area contributed by atoms with Gasteiger partial charge < -0.3 is 0 Å². The van der Waals surface area contributed by atoms with Crippen LogP contribution in [-0.4, -0.2) is 44.0 Å². The van der Waals surface area contributed by atoms with Crippen molar-refractivity contribution in [3.05, 3.63) is 48.3 Å². The van der Waals surface area contributed by atoms with Gasteiger partial charge in [-0.1, -0.05) is 25.1 Å². The van der Waals surface area contributed by atoms with E-state index in [4.69, 9.17) is 0 Å². The molecule has 1 fully saturated rings. The molecule has 1 aliphatic heterocycles. The minimum Gasteiger partial charge on any atom is -0.295 e. The summed E-state index contributed by atoms with van der Waals surface area (Å²) in [6.45, 7) is 7.26. The van der Waals surface area contributed by atoms with Crippen LogP contribution in [0, 0.1) is 5.82 Å². The lowest BCUT2D eigenvalue weighted by molar-refractivity contribution is 0.224. The summed E-state index contributed by atoms with van der Waals surface area (Å²) < 4.78 is 36.3. The van der Waals surface area contributed by atoms with E-state index in [9.17, 15) is 12.8 Å². The van der Waals surface area contributed by atoms with Gasteiger partial charge in [0.1, 0.15) is 5.82 Å². The van der Waals surface area contributed by atoms with Crippen LogP contribution >= 0.6 is 0 Å². The molecule has 0 saturated carbocycles. The van der Waals surface area contributed by atoms with Crippen LogP contribution in [0.5, 0.6) is 0 Å². The van der Waals surface area contributed by atoms with Crippen LogP contribution in [0.2, 0.25) is 0 Å². The van der Waals surface area contributed by atoms with Gasteiger partial charge in [0, 0.05) is 19.1 Å². The van der Waals surface area contributed by atoms with E-state index in [-0.39, 0.29) is 29.3 Å². The lowest BCUT2D eigenvalue weighted by Crippen LogP contribution is -2.38. The van der Waals surface area contributed by atoms with Gasteiger partial charge in [-0.2, -0.15) is 0 Å². The summed E-state index contributed by atoms with van der Waals surface area (Å²) in [6, 6.07) is 6.57. The smallest absolute Gasteiger partial charge is 0.151 e. The van der Waals surface area contributed by atoms with Crippen molar-refractivity contribution in [2.24, 2.45) is 0 Å². The predicted molar refractivity (Wildman–Crippen MR) is 83.6 cm³/mol. The van der Waals surface area contributed by atoms with Crippen molar-refractivity contribution in [3.8, 4) is 0 Å². The van der Waals surface area contributed by atoms with Crippen LogP contribution in [0.25, 0.3) is 0 Å². The Balaban J connectivity index is 2.05. The molecular formula is C16H22FNO2S. The van der Waals surface area contributed by atoms with E-state index in [2.05, 4.69) is 18.4 Å². The van der Waals surface area contributed by atoms with Gasteiger partial charge in [-0.15, -0.1) is 6.58 Å². The molecule has 1 aromatic carbocycles. The van der Waals surface area contributed by atoms with Gasteiger partial charge in [0.2, 0.25) is 0 Å². The standard InChI is InChI=1S/C16H22FNO2S/c1-3-9-18(16-8-10-21(19,20)12-16)11-13(2)14-4-6-15(17)7-5-14/h3-7,13,16H,1,8-12H2,2H3. The first-order valence-corrected chi connectivity index (χ1v) is 9.04. The van der Waals surface area contributed by atoms with Crippen molar-refractivity contribution in [2.45, 2.75) is 25.3 Å². The Labute approximate surface area is 126 Å². The van der Waals surface area contributed by atoms with E-state index >= 15 is 0 Å². The summed E-state index contributed by atoms with van der Waals surface area (Å²) in [6.07, 6.45) is 2.49. The maximum atomic E-state index is 13.0. The van der Waals surface area contributed by atoms with Gasteiger partial charge in [-0.05, 0) is 30.0 Å². The van der Waals surface area contributed by atoms with Gasteiger partial charge in [-0.3, -0.25) is 4.90 Å². The van der Waals surface area contributed by atoms with Crippen molar-refractivity contribution in [3.63, 3.8) is 0 Å². The molecule has 1 heterocycles. The van der Waals surface area contributed by atoms with Crippen molar-refractivity contribution < 1.29 is 12.8 Å². The molecule has 0 amide bonds. The zero-order valence-corrected chi connectivity index (χ0v) is 13.2. The highest BCUT2D eigenvalue weighted by atomic mass is 32.2. The Morgan fingerprint density at radius 2 is 2.10 bits per heavy atom. The second kappa shape index (κ2) is 6.71. The zero-order valence-electron chi connectivity index (χ0n) is 12.3. The fourth-order valence-electron chi connectivity index (χ4n) is 2.85. The van der Waals surface area contributed by atoms with Crippen molar-refractivity contribution in [1.29, 1.82) is 0 Å². The number of rotatable bonds is 6. The molecule has 2 rings (SSSR count). The Morgan fingerprint density at radius 1 is 1.43 bits per heavy atom. The normalized spacial score (nSPS) is 22.3. The van der Waals surface area contributed by atoms with Crippen LogP contribution in [0.1, 0.15) is 24.8 Å². The maximum absolute atomic E-state index is 13.0. The largest absolute Gasteiger partial charge is 0.295 e. The topological polar surface area (TPSA) is 37.4 Å². The van der Waals surface area contributed by atoms with Crippen LogP contribution in [0.3, 0.4) is 0 Å². The first-order chi connectivity index (χ1) is 9.91. The number of sulfone groups is 1. The maximum Gasteiger partial charge on any atom is 0.151 e. The summed E-state index contributed by atoms with van der Waals surface area (Å²) in [5, 5.41) is 0. The Morgan fingerprint density at radius 3 is 2.62 bits per heavy atom. The average molecular weight is 311 g/mol. The molecule has 1 aliphatic rings. The summed E-state index contributed by atoms with van der Waals surface area (Å²) in [7, 11) is -2.89. The van der Waals surface area contributed by atoms with Gasteiger partial charge >= 0.3 is 0 Å². The van der Waals surface area contributed by atoms with E-state index < -0.39 is 9.84 Å². The third-order valence-electron chi connectivity index (χ3n) is 4.04. The van der Waals surface area contributed by atoms with E-state index in [1.54, 1.807) is 12.1 Å². The minimum absolute atomic E-state index is 0.0656. The fourth-order valence-corrected chi connectivity index (χ4v) is 4.61. The summed E-state index contributed by atoms with van der Waals surface area (Å²) in [4.78, 5) is 2.17. The van der Waals surface area contributed by atoms with E-state index in [0.29, 0.717) is 13.0 Å². The molecule has 3 nitrogen and oxygen atoms in total. The summed E-state index contributed by atoms with van der Waals surface area (Å²) in [5.41, 5.74) is 1.06. The zero-order chi connectivity index (χ0) is 15.5. The third kappa shape index (κ3) is 4.38. The van der Waals surface area contributed by atoms with Gasteiger partial charge in [-0.25, -0.2) is 12.8 Å². The molecule has 2 atom stereocenters. The van der Waals surface area contributed by atoms with E-state index in [1.807, 2.05) is 6.08 Å². The molecular weight excluding hydrogens is 289 g/mol. The first-order valence-electron chi connectivity index (χ1n) is 7.22. The van der Waals surface area contributed by atoms with Gasteiger partial charge in [0.25, 0.3) is 0 Å². The Kier molecular flexibility index (Phi) is 5.17. The summed E-state index contributed by atoms with van der Waals surface area (Å²) in [5.74, 6) is 0.484. The predicted octanol–water partition coefficient (Wildman–Crippen LogP) is 2.60. The number of halogens is 1. The second-order valence-electron chi connectivity index (χ2n) is 5.75. The van der Waals surface area contributed by atoms with E-state index in [0.717, 1.165) is 12.1 Å². The molecule has 116 valence electrons. The Bertz CT molecular complexity index is 583. The highest BCUT2D eigenvalue weighted by molar-refractivity contribution is 7.91. The molecule has 0 N–H and O–H groups in total. The van der Waals surface area contributed by atoms with Gasteiger partial charge in [0.15, 0.2) is 9.84 Å². The van der Waals surface area contributed by atoms with Gasteiger partial charge in [0.05, 0.1) is 11.5 Å². The molecule has 5 heteroatoms. The lowest BCUT2D eigenvalue weighted by Gasteiger charge is -2.29. The fraction of sp³-hybridized carbons (Fsp3) is 0.500. The second-order valence-corrected chi connectivity index (χ2v) is 7.98. The van der Waals surface area contributed by atoms with Crippen LogP contribution in [0.4, 0.5) is 4.39 Å².